The molecule has 4 aromatic carbocycles. The highest BCUT2D eigenvalue weighted by Gasteiger charge is 2.20. The van der Waals surface area contributed by atoms with Crippen LogP contribution in [-0.2, 0) is 10.0 Å². The van der Waals surface area contributed by atoms with E-state index in [1.54, 1.807) is 54.6 Å². The molecule has 0 aliphatic carbocycles. The number of nitrogens with one attached hydrogen (secondary N) is 1. The van der Waals surface area contributed by atoms with Gasteiger partial charge in [-0.15, -0.1) is 0 Å². The van der Waals surface area contributed by atoms with Crippen molar-refractivity contribution in [3.63, 3.8) is 0 Å². The summed E-state index contributed by atoms with van der Waals surface area (Å²) in [5.41, 5.74) is 0.413. The number of aromatic carboxylic acids is 1. The van der Waals surface area contributed by atoms with Crippen LogP contribution in [0.1, 0.15) is 21.5 Å². The molecule has 0 saturated heterocycles. The third-order valence-corrected chi connectivity index (χ3v) is 6.49. The van der Waals surface area contributed by atoms with E-state index in [-0.39, 0.29) is 16.1 Å². The van der Waals surface area contributed by atoms with Crippen LogP contribution in [0, 0.1) is 17.7 Å². The number of hydrogen-bond acceptors (Lipinski definition) is 4. The fraction of sp³-hybridized carbons (Fsp3) is 0.0385. The van der Waals surface area contributed by atoms with Crippen molar-refractivity contribution in [3.05, 3.63) is 101 Å². The fourth-order valence-corrected chi connectivity index (χ4v) is 4.73. The van der Waals surface area contributed by atoms with Crippen molar-refractivity contribution in [1.29, 1.82) is 0 Å². The zero-order valence-corrected chi connectivity index (χ0v) is 18.7. The first-order valence-electron chi connectivity index (χ1n) is 10.0. The van der Waals surface area contributed by atoms with Gasteiger partial charge in [0.2, 0.25) is 0 Å². The SMILES string of the molecule is COc1ccc(S(=O)(=O)Nc2ccccc2C#Cc2ccc(C(=O)O)c(F)c2)c2ccccc12. The number of para-hydroxylation sites is 1. The van der Waals surface area contributed by atoms with Gasteiger partial charge in [-0.2, -0.15) is 0 Å². The molecule has 0 aliphatic rings. The monoisotopic (exact) mass is 475 g/mol. The first kappa shape index (κ1) is 22.8. The van der Waals surface area contributed by atoms with Crippen LogP contribution < -0.4 is 9.46 Å². The molecule has 0 atom stereocenters. The summed E-state index contributed by atoms with van der Waals surface area (Å²) in [5, 5.41) is 10.1. The molecule has 0 spiro atoms. The van der Waals surface area contributed by atoms with E-state index in [0.717, 1.165) is 12.1 Å². The molecule has 4 aromatic rings. The smallest absolute Gasteiger partial charge is 0.338 e. The largest absolute Gasteiger partial charge is 0.496 e. The molecule has 0 saturated carbocycles. The predicted octanol–water partition coefficient (Wildman–Crippen LogP) is 4.89. The number of sulfonamides is 1. The van der Waals surface area contributed by atoms with E-state index in [1.807, 2.05) is 0 Å². The summed E-state index contributed by atoms with van der Waals surface area (Å²) < 4.78 is 48.4. The lowest BCUT2D eigenvalue weighted by Gasteiger charge is -2.13. The van der Waals surface area contributed by atoms with Crippen LogP contribution in [0.4, 0.5) is 10.1 Å². The molecule has 0 aromatic heterocycles. The molecular weight excluding hydrogens is 457 g/mol. The predicted molar refractivity (Wildman–Crippen MR) is 127 cm³/mol. The van der Waals surface area contributed by atoms with E-state index < -0.39 is 27.4 Å². The van der Waals surface area contributed by atoms with Gasteiger partial charge >= 0.3 is 5.97 Å². The number of carboxylic acid groups (broad SMARTS) is 1. The highest BCUT2D eigenvalue weighted by molar-refractivity contribution is 7.93. The average molecular weight is 475 g/mol. The number of ether oxygens (including phenoxy) is 1. The lowest BCUT2D eigenvalue weighted by Crippen LogP contribution is -2.14. The maximum atomic E-state index is 13.9. The normalized spacial score (nSPS) is 10.9. The second-order valence-corrected chi connectivity index (χ2v) is 8.86. The molecule has 8 heteroatoms. The minimum Gasteiger partial charge on any atom is -0.496 e. The molecule has 0 aliphatic heterocycles. The van der Waals surface area contributed by atoms with Crippen molar-refractivity contribution in [2.75, 3.05) is 11.8 Å². The highest BCUT2D eigenvalue weighted by Crippen LogP contribution is 2.32. The second-order valence-electron chi connectivity index (χ2n) is 7.21. The van der Waals surface area contributed by atoms with Gasteiger partial charge in [0.25, 0.3) is 10.0 Å². The lowest BCUT2D eigenvalue weighted by atomic mass is 10.1. The Kier molecular flexibility index (Phi) is 6.21. The number of anilines is 1. The summed E-state index contributed by atoms with van der Waals surface area (Å²) in [7, 11) is -2.47. The van der Waals surface area contributed by atoms with Crippen LogP contribution in [0.3, 0.4) is 0 Å². The third kappa shape index (κ3) is 4.56. The van der Waals surface area contributed by atoms with Crippen molar-refractivity contribution in [2.45, 2.75) is 4.90 Å². The zero-order chi connectivity index (χ0) is 24.3. The molecule has 170 valence electrons. The Bertz CT molecular complexity index is 1590. The van der Waals surface area contributed by atoms with Gasteiger partial charge in [-0.25, -0.2) is 17.6 Å². The minimum absolute atomic E-state index is 0.0815. The number of fused-ring (bicyclic) bond motifs is 1. The number of rotatable bonds is 5. The number of hydrogen-bond donors (Lipinski definition) is 2. The fourth-order valence-electron chi connectivity index (χ4n) is 3.44. The van der Waals surface area contributed by atoms with E-state index in [0.29, 0.717) is 22.1 Å². The maximum Gasteiger partial charge on any atom is 0.338 e. The third-order valence-electron chi connectivity index (χ3n) is 5.07. The van der Waals surface area contributed by atoms with Crippen molar-refractivity contribution in [2.24, 2.45) is 0 Å². The zero-order valence-electron chi connectivity index (χ0n) is 17.9. The van der Waals surface area contributed by atoms with Crippen molar-refractivity contribution < 1.29 is 27.4 Å². The first-order valence-corrected chi connectivity index (χ1v) is 11.5. The molecule has 2 N–H and O–H groups in total. The van der Waals surface area contributed by atoms with Gasteiger partial charge in [0.15, 0.2) is 0 Å². The molecule has 0 unspecified atom stereocenters. The van der Waals surface area contributed by atoms with Crippen molar-refractivity contribution in [1.82, 2.24) is 0 Å². The maximum absolute atomic E-state index is 13.9. The Morgan fingerprint density at radius 2 is 1.65 bits per heavy atom. The lowest BCUT2D eigenvalue weighted by molar-refractivity contribution is 0.0692. The van der Waals surface area contributed by atoms with E-state index >= 15 is 0 Å². The van der Waals surface area contributed by atoms with Gasteiger partial charge in [0.05, 0.1) is 23.3 Å². The highest BCUT2D eigenvalue weighted by atomic mass is 32.2. The van der Waals surface area contributed by atoms with E-state index in [2.05, 4.69) is 16.6 Å². The standard InChI is InChI=1S/C26H18FNO5S/c1-33-24-14-15-25(20-8-4-3-7-19(20)24)34(31,32)28-23-9-5-2-6-18(23)12-10-17-11-13-21(26(29)30)22(27)16-17/h2-9,11,13-16,28H,1H3,(H,29,30). The van der Waals surface area contributed by atoms with Crippen LogP contribution >= 0.6 is 0 Å². The Hall–Kier alpha value is -4.35. The van der Waals surface area contributed by atoms with E-state index in [9.17, 15) is 17.6 Å². The summed E-state index contributed by atoms with van der Waals surface area (Å²) in [6, 6.07) is 20.2. The summed E-state index contributed by atoms with van der Waals surface area (Å²) >= 11 is 0. The van der Waals surface area contributed by atoms with Crippen LogP contribution in [0.2, 0.25) is 0 Å². The van der Waals surface area contributed by atoms with Crippen molar-refractivity contribution >= 4 is 32.5 Å². The number of carboxylic acids is 1. The Morgan fingerprint density at radius 3 is 2.35 bits per heavy atom. The van der Waals surface area contributed by atoms with E-state index in [4.69, 9.17) is 9.84 Å². The van der Waals surface area contributed by atoms with Gasteiger partial charge in [0.1, 0.15) is 11.6 Å². The topological polar surface area (TPSA) is 92.7 Å². The molecule has 6 nitrogen and oxygen atoms in total. The molecule has 4 rings (SSSR count). The molecule has 0 fully saturated rings. The van der Waals surface area contributed by atoms with Gasteiger partial charge in [-0.3, -0.25) is 4.72 Å². The minimum atomic E-state index is -3.99. The van der Waals surface area contributed by atoms with Gasteiger partial charge in [-0.05, 0) is 42.5 Å². The molecule has 0 bridgehead atoms. The van der Waals surface area contributed by atoms with Gasteiger partial charge in [-0.1, -0.05) is 48.2 Å². The van der Waals surface area contributed by atoms with E-state index in [1.165, 1.54) is 19.2 Å². The molecule has 0 heterocycles. The molecule has 34 heavy (non-hydrogen) atoms. The van der Waals surface area contributed by atoms with Crippen molar-refractivity contribution in [3.8, 4) is 17.6 Å². The number of carbonyl (C=O) groups is 1. The Labute approximate surface area is 195 Å². The average Bonchev–Trinajstić information content (AvgIpc) is 2.82. The van der Waals surface area contributed by atoms with Crippen LogP contribution in [0.25, 0.3) is 10.8 Å². The molecular formula is C26H18FNO5S. The van der Waals surface area contributed by atoms with Crippen LogP contribution in [-0.4, -0.2) is 26.6 Å². The Morgan fingerprint density at radius 1 is 0.941 bits per heavy atom. The van der Waals surface area contributed by atoms with Crippen LogP contribution in [0.5, 0.6) is 5.75 Å². The summed E-state index contributed by atoms with van der Waals surface area (Å²) in [5.74, 6) is 3.85. The number of halogens is 1. The molecule has 0 amide bonds. The van der Waals surface area contributed by atoms with Gasteiger partial charge < -0.3 is 9.84 Å². The molecule has 0 radical (unpaired) electrons. The Balaban J connectivity index is 1.70. The number of methoxy groups -OCH3 is 1. The summed E-state index contributed by atoms with van der Waals surface area (Å²) in [6.07, 6.45) is 0. The first-order chi connectivity index (χ1) is 16.3. The quantitative estimate of drug-likeness (QED) is 0.401. The van der Waals surface area contributed by atoms with Gasteiger partial charge in [0, 0.05) is 21.9 Å². The summed E-state index contributed by atoms with van der Waals surface area (Å²) in [6.45, 7) is 0. The number of benzene rings is 4. The summed E-state index contributed by atoms with van der Waals surface area (Å²) in [4.78, 5) is 11.1. The second kappa shape index (κ2) is 9.25. The van der Waals surface area contributed by atoms with Crippen LogP contribution in [0.15, 0.2) is 83.8 Å².